The van der Waals surface area contributed by atoms with Gasteiger partial charge in [-0.3, -0.25) is 0 Å². The van der Waals surface area contributed by atoms with Crippen LogP contribution in [-0.2, 0) is 9.84 Å². The number of thiocarbonyl (C=S) groups is 1. The van der Waals surface area contributed by atoms with Crippen LogP contribution in [0.4, 0.5) is 10.1 Å². The van der Waals surface area contributed by atoms with E-state index in [9.17, 15) is 12.8 Å². The van der Waals surface area contributed by atoms with Crippen LogP contribution in [-0.4, -0.2) is 48.6 Å². The summed E-state index contributed by atoms with van der Waals surface area (Å²) in [4.78, 5) is 3.72. The fraction of sp³-hybridized carbons (Fsp3) is 0.357. The lowest BCUT2D eigenvalue weighted by molar-refractivity contribution is 0.389. The number of fused-ring (bicyclic) bond motifs is 1. The van der Waals surface area contributed by atoms with Gasteiger partial charge in [-0.1, -0.05) is 6.08 Å². The third-order valence-electron chi connectivity index (χ3n) is 3.91. The Hall–Kier alpha value is -1.47. The van der Waals surface area contributed by atoms with Crippen LogP contribution in [0, 0.1) is 5.82 Å². The zero-order valence-electron chi connectivity index (χ0n) is 11.3. The predicted octanol–water partition coefficient (Wildman–Crippen LogP) is 1.58. The molecular formula is C14H15FN2O2S2. The summed E-state index contributed by atoms with van der Waals surface area (Å²) >= 11 is 5.49. The number of nitrogens with zero attached hydrogens (tertiary/aromatic N) is 2. The maximum absolute atomic E-state index is 13.1. The van der Waals surface area contributed by atoms with Gasteiger partial charge in [-0.2, -0.15) is 0 Å². The van der Waals surface area contributed by atoms with Crippen molar-refractivity contribution in [2.24, 2.45) is 0 Å². The maximum atomic E-state index is 13.1. The molecule has 0 aromatic heterocycles. The lowest BCUT2D eigenvalue weighted by Gasteiger charge is -2.24. The minimum Gasteiger partial charge on any atom is -0.339 e. The number of anilines is 1. The molecule has 2 heterocycles. The molecular weight excluding hydrogens is 311 g/mol. The summed E-state index contributed by atoms with van der Waals surface area (Å²) in [6.07, 6.45) is 1.71. The van der Waals surface area contributed by atoms with Crippen molar-refractivity contribution in [2.75, 3.05) is 23.0 Å². The van der Waals surface area contributed by atoms with Gasteiger partial charge in [0.15, 0.2) is 14.9 Å². The van der Waals surface area contributed by atoms with Gasteiger partial charge in [-0.25, -0.2) is 12.8 Å². The molecule has 21 heavy (non-hydrogen) atoms. The molecule has 2 atom stereocenters. The normalized spacial score (nSPS) is 27.0. The molecule has 0 radical (unpaired) electrons. The summed E-state index contributed by atoms with van der Waals surface area (Å²) in [5, 5.41) is 0.575. The Kier molecular flexibility index (Phi) is 3.49. The highest BCUT2D eigenvalue weighted by Crippen LogP contribution is 2.35. The summed E-state index contributed by atoms with van der Waals surface area (Å²) in [7, 11) is -3.08. The molecule has 0 bridgehead atoms. The highest BCUT2D eigenvalue weighted by molar-refractivity contribution is 7.91. The molecule has 2 fully saturated rings. The summed E-state index contributed by atoms with van der Waals surface area (Å²) in [5.74, 6) is -0.158. The summed E-state index contributed by atoms with van der Waals surface area (Å²) in [5.41, 5.74) is 0.722. The van der Waals surface area contributed by atoms with Crippen LogP contribution in [0.3, 0.4) is 0 Å². The second-order valence-corrected chi connectivity index (χ2v) is 7.80. The van der Waals surface area contributed by atoms with Crippen molar-refractivity contribution in [3.05, 3.63) is 42.7 Å². The molecule has 1 aromatic carbocycles. The quantitative estimate of drug-likeness (QED) is 0.623. The summed E-state index contributed by atoms with van der Waals surface area (Å²) in [6, 6.07) is 5.58. The van der Waals surface area contributed by atoms with Gasteiger partial charge >= 0.3 is 0 Å². The molecule has 0 N–H and O–H groups in total. The third kappa shape index (κ3) is 2.44. The number of rotatable bonds is 3. The van der Waals surface area contributed by atoms with Gasteiger partial charge in [0.05, 0.1) is 23.6 Å². The van der Waals surface area contributed by atoms with Gasteiger partial charge in [0.1, 0.15) is 5.82 Å². The molecule has 7 heteroatoms. The van der Waals surface area contributed by atoms with E-state index in [4.69, 9.17) is 12.2 Å². The van der Waals surface area contributed by atoms with Crippen LogP contribution in [0.15, 0.2) is 36.9 Å². The third-order valence-corrected chi connectivity index (χ3v) is 6.04. The van der Waals surface area contributed by atoms with E-state index in [2.05, 4.69) is 6.58 Å². The number of halogens is 1. The molecule has 2 saturated heterocycles. The van der Waals surface area contributed by atoms with E-state index in [1.807, 2.05) is 9.80 Å². The molecule has 0 saturated carbocycles. The van der Waals surface area contributed by atoms with Crippen LogP contribution in [0.25, 0.3) is 0 Å². The van der Waals surface area contributed by atoms with Crippen molar-refractivity contribution < 1.29 is 12.8 Å². The smallest absolute Gasteiger partial charge is 0.177 e. The van der Waals surface area contributed by atoms with Crippen LogP contribution in [0.2, 0.25) is 0 Å². The fourth-order valence-corrected chi connectivity index (χ4v) is 5.43. The highest BCUT2D eigenvalue weighted by atomic mass is 32.2. The Morgan fingerprint density at radius 2 is 1.90 bits per heavy atom. The van der Waals surface area contributed by atoms with Crippen LogP contribution >= 0.6 is 12.2 Å². The van der Waals surface area contributed by atoms with Crippen LogP contribution < -0.4 is 4.90 Å². The zero-order chi connectivity index (χ0) is 15.2. The molecule has 0 amide bonds. The second kappa shape index (κ2) is 5.06. The first-order chi connectivity index (χ1) is 9.93. The van der Waals surface area contributed by atoms with Crippen molar-refractivity contribution in [3.8, 4) is 0 Å². The van der Waals surface area contributed by atoms with Crippen molar-refractivity contribution in [2.45, 2.75) is 12.1 Å². The van der Waals surface area contributed by atoms with E-state index in [0.717, 1.165) is 5.69 Å². The minimum atomic E-state index is -3.08. The van der Waals surface area contributed by atoms with E-state index in [1.165, 1.54) is 12.1 Å². The van der Waals surface area contributed by atoms with E-state index < -0.39 is 9.84 Å². The zero-order valence-corrected chi connectivity index (χ0v) is 12.9. The molecule has 4 nitrogen and oxygen atoms in total. The Bertz CT molecular complexity index is 687. The van der Waals surface area contributed by atoms with Crippen LogP contribution in [0.5, 0.6) is 0 Å². The van der Waals surface area contributed by atoms with Gasteiger partial charge in [0.2, 0.25) is 0 Å². The Morgan fingerprint density at radius 1 is 1.29 bits per heavy atom. The number of sulfone groups is 1. The van der Waals surface area contributed by atoms with Crippen LogP contribution in [0.1, 0.15) is 0 Å². The van der Waals surface area contributed by atoms with Crippen molar-refractivity contribution in [1.82, 2.24) is 4.90 Å². The van der Waals surface area contributed by atoms with Gasteiger partial charge in [0.25, 0.3) is 0 Å². The van der Waals surface area contributed by atoms with Crippen molar-refractivity contribution >= 4 is 32.9 Å². The summed E-state index contributed by atoms with van der Waals surface area (Å²) < 4.78 is 37.0. The van der Waals surface area contributed by atoms with E-state index in [0.29, 0.717) is 11.7 Å². The van der Waals surface area contributed by atoms with E-state index in [1.54, 1.807) is 18.2 Å². The largest absolute Gasteiger partial charge is 0.339 e. The predicted molar refractivity (Wildman–Crippen MR) is 84.6 cm³/mol. The van der Waals surface area contributed by atoms with E-state index >= 15 is 0 Å². The Labute approximate surface area is 128 Å². The molecule has 2 aliphatic rings. The molecule has 112 valence electrons. The highest BCUT2D eigenvalue weighted by Gasteiger charge is 2.51. The standard InChI is InChI=1S/C14H15FN2O2S2/c1-2-7-16-12-8-21(18,19)9-13(12)17(14(16)20)11-5-3-10(15)4-6-11/h2-6,12-13H,1,7-9H2. The monoisotopic (exact) mass is 326 g/mol. The van der Waals surface area contributed by atoms with Gasteiger partial charge in [-0.05, 0) is 36.5 Å². The molecule has 2 unspecified atom stereocenters. The first-order valence-electron chi connectivity index (χ1n) is 6.59. The number of hydrogen-bond acceptors (Lipinski definition) is 3. The molecule has 0 aliphatic carbocycles. The summed E-state index contributed by atoms with van der Waals surface area (Å²) in [6.45, 7) is 4.21. The Morgan fingerprint density at radius 3 is 2.52 bits per heavy atom. The van der Waals surface area contributed by atoms with Gasteiger partial charge < -0.3 is 9.80 Å². The van der Waals surface area contributed by atoms with Gasteiger partial charge in [-0.15, -0.1) is 6.58 Å². The Balaban J connectivity index is 2.01. The lowest BCUT2D eigenvalue weighted by Crippen LogP contribution is -2.37. The fourth-order valence-electron chi connectivity index (χ4n) is 3.03. The second-order valence-electron chi connectivity index (χ2n) is 5.28. The minimum absolute atomic E-state index is 0.0722. The van der Waals surface area contributed by atoms with Crippen molar-refractivity contribution in [1.29, 1.82) is 0 Å². The first-order valence-corrected chi connectivity index (χ1v) is 8.82. The lowest BCUT2D eigenvalue weighted by atomic mass is 10.1. The molecule has 0 spiro atoms. The SMILES string of the molecule is C=CCN1C(=S)N(c2ccc(F)cc2)C2CS(=O)(=O)CC21. The average molecular weight is 326 g/mol. The number of hydrogen-bond donors (Lipinski definition) is 0. The molecule has 2 aliphatic heterocycles. The van der Waals surface area contributed by atoms with Gasteiger partial charge in [0, 0.05) is 12.2 Å². The average Bonchev–Trinajstić information content (AvgIpc) is 2.84. The topological polar surface area (TPSA) is 40.6 Å². The molecule has 1 aromatic rings. The maximum Gasteiger partial charge on any atom is 0.177 e. The molecule has 3 rings (SSSR count). The first kappa shape index (κ1) is 14.5. The van der Waals surface area contributed by atoms with E-state index in [-0.39, 0.29) is 29.4 Å². The number of benzene rings is 1. The van der Waals surface area contributed by atoms with Crippen molar-refractivity contribution in [3.63, 3.8) is 0 Å².